The molecule has 0 unspecified atom stereocenters. The maximum Gasteiger partial charge on any atom is 0.306 e. The molecule has 0 radical (unpaired) electrons. The topological polar surface area (TPSA) is 35.5 Å². The fourth-order valence-corrected chi connectivity index (χ4v) is 2.40. The van der Waals surface area contributed by atoms with E-state index in [1.165, 1.54) is 12.8 Å². The number of hydrogen-bond donors (Lipinski definition) is 0. The lowest BCUT2D eigenvalue weighted by molar-refractivity contribution is -0.142. The normalized spacial score (nSPS) is 13.8. The number of benzene rings is 2. The third kappa shape index (κ3) is 5.58. The van der Waals surface area contributed by atoms with Gasteiger partial charge in [0.05, 0.1) is 0 Å². The van der Waals surface area contributed by atoms with E-state index < -0.39 is 0 Å². The molecule has 0 amide bonds. The van der Waals surface area contributed by atoms with E-state index in [1.54, 1.807) is 0 Å². The van der Waals surface area contributed by atoms with Gasteiger partial charge in [0.2, 0.25) is 0 Å². The van der Waals surface area contributed by atoms with E-state index in [9.17, 15) is 4.79 Å². The fourth-order valence-electron chi connectivity index (χ4n) is 2.40. The molecule has 24 heavy (non-hydrogen) atoms. The van der Waals surface area contributed by atoms with Gasteiger partial charge in [0, 0.05) is 6.42 Å². The van der Waals surface area contributed by atoms with E-state index in [4.69, 9.17) is 9.47 Å². The van der Waals surface area contributed by atoms with Crippen LogP contribution in [0.15, 0.2) is 60.7 Å². The van der Waals surface area contributed by atoms with E-state index in [-0.39, 0.29) is 5.97 Å². The molecule has 3 heteroatoms. The highest BCUT2D eigenvalue weighted by molar-refractivity contribution is 5.69. The molecule has 1 saturated carbocycles. The van der Waals surface area contributed by atoms with Crippen molar-refractivity contribution in [3.05, 3.63) is 66.2 Å². The molecule has 0 spiro atoms. The van der Waals surface area contributed by atoms with Gasteiger partial charge in [0.15, 0.2) is 0 Å². The van der Waals surface area contributed by atoms with Gasteiger partial charge in [0.1, 0.15) is 18.1 Å². The van der Waals surface area contributed by atoms with Gasteiger partial charge >= 0.3 is 5.97 Å². The minimum absolute atomic E-state index is 0.0989. The monoisotopic (exact) mass is 322 g/mol. The average Bonchev–Trinajstić information content (AvgIpc) is 3.44. The summed E-state index contributed by atoms with van der Waals surface area (Å²) in [7, 11) is 0. The molecule has 1 fully saturated rings. The third-order valence-corrected chi connectivity index (χ3v) is 3.96. The van der Waals surface area contributed by atoms with Crippen LogP contribution < -0.4 is 4.74 Å². The molecule has 1 aliphatic carbocycles. The number of ether oxygens (including phenoxy) is 2. The van der Waals surface area contributed by atoms with Crippen LogP contribution >= 0.6 is 0 Å². The van der Waals surface area contributed by atoms with Gasteiger partial charge in [-0.1, -0.05) is 49.2 Å². The quantitative estimate of drug-likeness (QED) is 0.625. The molecular formula is C21H22O3. The summed E-state index contributed by atoms with van der Waals surface area (Å²) < 4.78 is 10.9. The molecule has 0 N–H and O–H groups in total. The summed E-state index contributed by atoms with van der Waals surface area (Å²) in [6.07, 6.45) is 7.88. The predicted molar refractivity (Wildman–Crippen MR) is 94.9 cm³/mol. The number of carbonyl (C=O) groups excluding carboxylic acids is 1. The number of carbonyl (C=O) groups is 1. The Kier molecular flexibility index (Phi) is 5.67. The number of hydrogen-bond acceptors (Lipinski definition) is 3. The molecule has 1 aliphatic rings. The van der Waals surface area contributed by atoms with Crippen LogP contribution in [0.2, 0.25) is 0 Å². The Bertz CT molecular complexity index is 670. The second kappa shape index (κ2) is 8.34. The Balaban J connectivity index is 1.41. The lowest BCUT2D eigenvalue weighted by atomic mass is 10.2. The highest BCUT2D eigenvalue weighted by Crippen LogP contribution is 2.33. The zero-order valence-corrected chi connectivity index (χ0v) is 13.7. The summed E-state index contributed by atoms with van der Waals surface area (Å²) in [4.78, 5) is 11.5. The largest absolute Gasteiger partial charge is 0.461 e. The number of rotatable bonds is 8. The Morgan fingerprint density at radius 3 is 2.42 bits per heavy atom. The van der Waals surface area contributed by atoms with Crippen LogP contribution in [-0.2, 0) is 9.53 Å². The molecule has 0 bridgehead atoms. The highest BCUT2D eigenvalue weighted by Gasteiger charge is 2.21. The molecule has 0 aliphatic heterocycles. The fraction of sp³-hybridized carbons (Fsp3) is 0.286. The van der Waals surface area contributed by atoms with Crippen LogP contribution in [0.5, 0.6) is 11.5 Å². The standard InChI is InChI=1S/C21H22O3/c22-21(15-12-18-8-9-18)23-16-4-5-17-10-13-20(14-11-17)24-19-6-2-1-3-7-19/h1-7,10-11,13-14,18H,8-9,12,15-16H2. The maximum absolute atomic E-state index is 11.5. The summed E-state index contributed by atoms with van der Waals surface area (Å²) >= 11 is 0. The van der Waals surface area contributed by atoms with Gasteiger partial charge in [-0.05, 0) is 48.2 Å². The first kappa shape index (κ1) is 16.3. The molecule has 2 aromatic carbocycles. The smallest absolute Gasteiger partial charge is 0.306 e. The van der Waals surface area contributed by atoms with Crippen molar-refractivity contribution < 1.29 is 14.3 Å². The summed E-state index contributed by atoms with van der Waals surface area (Å²) in [5.41, 5.74) is 1.05. The first-order chi connectivity index (χ1) is 11.8. The molecule has 3 rings (SSSR count). The Morgan fingerprint density at radius 1 is 1.00 bits per heavy atom. The maximum atomic E-state index is 11.5. The van der Waals surface area contributed by atoms with Gasteiger partial charge in [0.25, 0.3) is 0 Å². The van der Waals surface area contributed by atoms with Gasteiger partial charge < -0.3 is 9.47 Å². The van der Waals surface area contributed by atoms with Crippen LogP contribution in [0.25, 0.3) is 6.08 Å². The van der Waals surface area contributed by atoms with Gasteiger partial charge in [-0.15, -0.1) is 0 Å². The first-order valence-corrected chi connectivity index (χ1v) is 8.45. The first-order valence-electron chi connectivity index (χ1n) is 8.45. The summed E-state index contributed by atoms with van der Waals surface area (Å²) in [6, 6.07) is 17.5. The van der Waals surface area contributed by atoms with Gasteiger partial charge in [-0.25, -0.2) is 0 Å². The van der Waals surface area contributed by atoms with Crippen molar-refractivity contribution in [1.29, 1.82) is 0 Å². The molecule has 0 heterocycles. The molecule has 0 atom stereocenters. The molecule has 124 valence electrons. The lowest BCUT2D eigenvalue weighted by Gasteiger charge is -2.05. The average molecular weight is 322 g/mol. The van der Waals surface area contributed by atoms with Crippen molar-refractivity contribution in [2.45, 2.75) is 25.7 Å². The van der Waals surface area contributed by atoms with Crippen molar-refractivity contribution >= 4 is 12.0 Å². The third-order valence-electron chi connectivity index (χ3n) is 3.96. The number of para-hydroxylation sites is 1. The van der Waals surface area contributed by atoms with Crippen LogP contribution in [0, 0.1) is 5.92 Å². The van der Waals surface area contributed by atoms with Gasteiger partial charge in [-0.3, -0.25) is 4.79 Å². The number of esters is 1. The molecule has 0 aromatic heterocycles. The van der Waals surface area contributed by atoms with Crippen LogP contribution in [0.1, 0.15) is 31.2 Å². The van der Waals surface area contributed by atoms with Crippen LogP contribution in [0.3, 0.4) is 0 Å². The molecule has 0 saturated heterocycles. The highest BCUT2D eigenvalue weighted by atomic mass is 16.5. The van der Waals surface area contributed by atoms with E-state index in [2.05, 4.69) is 0 Å². The van der Waals surface area contributed by atoms with Crippen molar-refractivity contribution in [1.82, 2.24) is 0 Å². The second-order valence-corrected chi connectivity index (χ2v) is 6.05. The lowest BCUT2D eigenvalue weighted by Crippen LogP contribution is -2.04. The zero-order chi connectivity index (χ0) is 16.6. The Morgan fingerprint density at radius 2 is 1.71 bits per heavy atom. The second-order valence-electron chi connectivity index (χ2n) is 6.05. The molecule has 2 aromatic rings. The van der Waals surface area contributed by atoms with Crippen molar-refractivity contribution in [3.63, 3.8) is 0 Å². The SMILES string of the molecule is O=C(CCC1CC1)OCC=Cc1ccc(Oc2ccccc2)cc1. The Labute approximate surface area is 142 Å². The summed E-state index contributed by atoms with van der Waals surface area (Å²) in [5, 5.41) is 0. The van der Waals surface area contributed by atoms with Crippen LogP contribution in [-0.4, -0.2) is 12.6 Å². The van der Waals surface area contributed by atoms with E-state index >= 15 is 0 Å². The van der Waals surface area contributed by atoms with Crippen molar-refractivity contribution in [2.24, 2.45) is 5.92 Å². The summed E-state index contributed by atoms with van der Waals surface area (Å²) in [5.74, 6) is 2.28. The Hall–Kier alpha value is -2.55. The van der Waals surface area contributed by atoms with E-state index in [1.807, 2.05) is 66.7 Å². The minimum atomic E-state index is -0.0989. The van der Waals surface area contributed by atoms with E-state index in [0.717, 1.165) is 29.4 Å². The van der Waals surface area contributed by atoms with E-state index in [0.29, 0.717) is 13.0 Å². The summed E-state index contributed by atoms with van der Waals surface area (Å²) in [6.45, 7) is 0.325. The van der Waals surface area contributed by atoms with Gasteiger partial charge in [-0.2, -0.15) is 0 Å². The molecule has 3 nitrogen and oxygen atoms in total. The van der Waals surface area contributed by atoms with Crippen LogP contribution in [0.4, 0.5) is 0 Å². The van der Waals surface area contributed by atoms with Crippen molar-refractivity contribution in [2.75, 3.05) is 6.61 Å². The van der Waals surface area contributed by atoms with Crippen molar-refractivity contribution in [3.8, 4) is 11.5 Å². The minimum Gasteiger partial charge on any atom is -0.461 e. The predicted octanol–water partition coefficient (Wildman–Crippen LogP) is 5.23. The zero-order valence-electron chi connectivity index (χ0n) is 13.7. The molecular weight excluding hydrogens is 300 g/mol.